The topological polar surface area (TPSA) is 20.2 Å². The van der Waals surface area contributed by atoms with E-state index in [2.05, 4.69) is 12.6 Å². The molecule has 1 fully saturated rings. The van der Waals surface area contributed by atoms with E-state index in [1.807, 2.05) is 0 Å². The van der Waals surface area contributed by atoms with Crippen LogP contribution < -0.4 is 0 Å². The number of thioether (sulfide) groups is 1. The fourth-order valence-electron chi connectivity index (χ4n) is 0.267. The monoisotopic (exact) mass is 122 g/mol. The highest BCUT2D eigenvalue weighted by Crippen LogP contribution is 2.43. The van der Waals surface area contributed by atoms with Gasteiger partial charge in [-0.3, -0.25) is 0 Å². The Bertz CT molecular complexity index is 54.8. The lowest BCUT2D eigenvalue weighted by Crippen LogP contribution is -1.91. The van der Waals surface area contributed by atoms with Gasteiger partial charge in [0.2, 0.25) is 0 Å². The molecule has 0 spiro atoms. The van der Waals surface area contributed by atoms with Gasteiger partial charge in [0.1, 0.15) is 0 Å². The third-order valence-electron chi connectivity index (χ3n) is 0.736. The van der Waals surface area contributed by atoms with Gasteiger partial charge in [0.25, 0.3) is 0 Å². The molecule has 0 amide bonds. The standard InChI is InChI=1S/C3H6OS2/c4-1-2-3(5)6-2/h2-5H,1H2. The van der Waals surface area contributed by atoms with Gasteiger partial charge in [-0.05, 0) is 0 Å². The Morgan fingerprint density at radius 3 is 2.33 bits per heavy atom. The van der Waals surface area contributed by atoms with Crippen LogP contribution in [0.25, 0.3) is 0 Å². The third kappa shape index (κ3) is 0.832. The van der Waals surface area contributed by atoms with E-state index in [-0.39, 0.29) is 0 Å². The van der Waals surface area contributed by atoms with Crippen LogP contribution in [0.5, 0.6) is 0 Å². The van der Waals surface area contributed by atoms with Gasteiger partial charge >= 0.3 is 0 Å². The van der Waals surface area contributed by atoms with Crippen LogP contribution in [0.15, 0.2) is 0 Å². The van der Waals surface area contributed by atoms with Crippen LogP contribution in [0.2, 0.25) is 0 Å². The highest BCUT2D eigenvalue weighted by Gasteiger charge is 2.33. The Labute approximate surface area is 46.5 Å². The van der Waals surface area contributed by atoms with Crippen molar-refractivity contribution in [2.75, 3.05) is 6.61 Å². The normalized spacial score (nSPS) is 43.0. The molecule has 0 aliphatic carbocycles. The summed E-state index contributed by atoms with van der Waals surface area (Å²) in [5.41, 5.74) is 0. The Hall–Kier alpha value is 0.660. The first-order chi connectivity index (χ1) is 2.84. The summed E-state index contributed by atoms with van der Waals surface area (Å²) in [7, 11) is 0. The number of aliphatic hydroxyl groups excluding tert-OH is 1. The van der Waals surface area contributed by atoms with Gasteiger partial charge in [0.15, 0.2) is 0 Å². The number of rotatable bonds is 1. The molecule has 2 unspecified atom stereocenters. The van der Waals surface area contributed by atoms with E-state index >= 15 is 0 Å². The van der Waals surface area contributed by atoms with Crippen molar-refractivity contribution >= 4 is 24.4 Å². The van der Waals surface area contributed by atoms with Crippen molar-refractivity contribution in [3.63, 3.8) is 0 Å². The first kappa shape index (κ1) is 4.81. The van der Waals surface area contributed by atoms with E-state index < -0.39 is 0 Å². The van der Waals surface area contributed by atoms with E-state index in [4.69, 9.17) is 5.11 Å². The van der Waals surface area contributed by atoms with Crippen LogP contribution >= 0.6 is 24.4 Å². The highest BCUT2D eigenvalue weighted by atomic mass is 32.2. The lowest BCUT2D eigenvalue weighted by Gasteiger charge is -1.75. The first-order valence-electron chi connectivity index (χ1n) is 1.79. The fourth-order valence-corrected chi connectivity index (χ4v) is 1.27. The number of hydrogen-bond donors (Lipinski definition) is 2. The molecule has 36 valence electrons. The zero-order chi connectivity index (χ0) is 4.57. The molecule has 1 heterocycles. The van der Waals surface area contributed by atoms with Gasteiger partial charge < -0.3 is 5.11 Å². The van der Waals surface area contributed by atoms with E-state index in [1.165, 1.54) is 0 Å². The fraction of sp³-hybridized carbons (Fsp3) is 1.00. The number of aliphatic hydroxyl groups is 1. The molecular weight excluding hydrogens is 116 g/mol. The lowest BCUT2D eigenvalue weighted by atomic mass is 10.5. The zero-order valence-corrected chi connectivity index (χ0v) is 4.88. The molecule has 1 saturated heterocycles. The quantitative estimate of drug-likeness (QED) is 0.386. The molecule has 3 heteroatoms. The smallest absolute Gasteiger partial charge is 0.0617 e. The Balaban J connectivity index is 2.09. The van der Waals surface area contributed by atoms with Crippen molar-refractivity contribution in [1.82, 2.24) is 0 Å². The van der Waals surface area contributed by atoms with Crippen LogP contribution in [0.4, 0.5) is 0 Å². The summed E-state index contributed by atoms with van der Waals surface area (Å²) >= 11 is 5.76. The predicted molar refractivity (Wildman–Crippen MR) is 31.2 cm³/mol. The Morgan fingerprint density at radius 2 is 2.33 bits per heavy atom. The first-order valence-corrected chi connectivity index (χ1v) is 3.25. The molecule has 1 rings (SSSR count). The van der Waals surface area contributed by atoms with Gasteiger partial charge in [-0.15, -0.1) is 11.8 Å². The minimum atomic E-state index is 0.291. The third-order valence-corrected chi connectivity index (χ3v) is 2.73. The van der Waals surface area contributed by atoms with Crippen molar-refractivity contribution in [1.29, 1.82) is 0 Å². The van der Waals surface area contributed by atoms with Gasteiger partial charge in [-0.25, -0.2) is 0 Å². The maximum atomic E-state index is 8.31. The van der Waals surface area contributed by atoms with Crippen LogP contribution in [0, 0.1) is 0 Å². The van der Waals surface area contributed by atoms with Crippen molar-refractivity contribution in [2.24, 2.45) is 0 Å². The predicted octanol–water partition coefficient (Wildman–Crippen LogP) is 0.350. The number of hydrogen-bond acceptors (Lipinski definition) is 3. The van der Waals surface area contributed by atoms with E-state index in [0.717, 1.165) is 0 Å². The van der Waals surface area contributed by atoms with Gasteiger partial charge in [-0.1, -0.05) is 0 Å². The van der Waals surface area contributed by atoms with E-state index in [1.54, 1.807) is 11.8 Å². The maximum absolute atomic E-state index is 8.31. The summed E-state index contributed by atoms with van der Waals surface area (Å²) < 4.78 is 0.426. The number of thiol groups is 1. The van der Waals surface area contributed by atoms with Crippen molar-refractivity contribution in [3.8, 4) is 0 Å². The maximum Gasteiger partial charge on any atom is 0.0617 e. The molecular formula is C3H6OS2. The summed E-state index contributed by atoms with van der Waals surface area (Å²) in [6.07, 6.45) is 0. The molecule has 1 aliphatic rings. The summed E-state index contributed by atoms with van der Waals surface area (Å²) in [5, 5.41) is 8.74. The minimum Gasteiger partial charge on any atom is -0.395 e. The highest BCUT2D eigenvalue weighted by molar-refractivity contribution is 8.18. The second kappa shape index (κ2) is 1.64. The summed E-state index contributed by atoms with van der Waals surface area (Å²) in [6, 6.07) is 0. The van der Waals surface area contributed by atoms with E-state index in [9.17, 15) is 0 Å². The van der Waals surface area contributed by atoms with Crippen molar-refractivity contribution in [2.45, 2.75) is 9.83 Å². The summed E-state index contributed by atoms with van der Waals surface area (Å²) in [6.45, 7) is 0.291. The molecule has 6 heavy (non-hydrogen) atoms. The van der Waals surface area contributed by atoms with Crippen molar-refractivity contribution < 1.29 is 5.11 Å². The van der Waals surface area contributed by atoms with Crippen molar-refractivity contribution in [3.05, 3.63) is 0 Å². The lowest BCUT2D eigenvalue weighted by molar-refractivity contribution is 0.306. The molecule has 0 aromatic rings. The molecule has 0 aromatic heterocycles. The van der Waals surface area contributed by atoms with Crippen LogP contribution in [0.1, 0.15) is 0 Å². The average Bonchev–Trinajstić information content (AvgIpc) is 2.19. The second-order valence-electron chi connectivity index (χ2n) is 1.25. The van der Waals surface area contributed by atoms with Gasteiger partial charge in [0.05, 0.1) is 11.2 Å². The summed E-state index contributed by atoms with van der Waals surface area (Å²) in [4.78, 5) is 0. The summed E-state index contributed by atoms with van der Waals surface area (Å²) in [5.74, 6) is 0. The average molecular weight is 122 g/mol. The minimum absolute atomic E-state index is 0.291. The Kier molecular flexibility index (Phi) is 1.31. The molecule has 0 saturated carbocycles. The molecule has 1 aliphatic heterocycles. The van der Waals surface area contributed by atoms with Crippen LogP contribution in [0.3, 0.4) is 0 Å². The van der Waals surface area contributed by atoms with E-state index in [0.29, 0.717) is 16.4 Å². The molecule has 0 bridgehead atoms. The zero-order valence-electron chi connectivity index (χ0n) is 3.16. The van der Waals surface area contributed by atoms with Crippen LogP contribution in [-0.2, 0) is 0 Å². The molecule has 1 nitrogen and oxygen atoms in total. The Morgan fingerprint density at radius 1 is 1.83 bits per heavy atom. The molecule has 1 N–H and O–H groups in total. The SMILES string of the molecule is OCC1SC1S. The largest absolute Gasteiger partial charge is 0.395 e. The van der Waals surface area contributed by atoms with Crippen LogP contribution in [-0.4, -0.2) is 21.5 Å². The second-order valence-corrected chi connectivity index (χ2v) is 3.54. The van der Waals surface area contributed by atoms with Gasteiger partial charge in [0, 0.05) is 5.25 Å². The molecule has 2 atom stereocenters. The molecule has 0 radical (unpaired) electrons. The van der Waals surface area contributed by atoms with Gasteiger partial charge in [-0.2, -0.15) is 12.6 Å². The molecule has 0 aromatic carbocycles.